The van der Waals surface area contributed by atoms with Gasteiger partial charge in [0.1, 0.15) is 0 Å². The summed E-state index contributed by atoms with van der Waals surface area (Å²) in [4.78, 5) is 4.65. The molecule has 3 aromatic rings. The van der Waals surface area contributed by atoms with Gasteiger partial charge in [-0.05, 0) is 45.1 Å². The molecule has 2 heterocycles. The van der Waals surface area contributed by atoms with E-state index in [4.69, 9.17) is 5.84 Å². The minimum atomic E-state index is 0.100. The smallest absolute Gasteiger partial charge is 0.0958 e. The maximum atomic E-state index is 5.67. The van der Waals surface area contributed by atoms with Gasteiger partial charge in [-0.3, -0.25) is 11.3 Å². The molecule has 3 rings (SSSR count). The molecule has 0 amide bonds. The summed E-state index contributed by atoms with van der Waals surface area (Å²) in [5, 5.41) is 3.22. The minimum Gasteiger partial charge on any atom is -0.271 e. The summed E-state index contributed by atoms with van der Waals surface area (Å²) in [6.45, 7) is 0. The van der Waals surface area contributed by atoms with Gasteiger partial charge in [0.05, 0.1) is 25.1 Å². The maximum Gasteiger partial charge on any atom is 0.0958 e. The first kappa shape index (κ1) is 13.2. The first-order chi connectivity index (χ1) is 9.26. The fourth-order valence-corrected chi connectivity index (χ4v) is 4.20. The van der Waals surface area contributed by atoms with E-state index in [-0.39, 0.29) is 6.04 Å². The molecule has 3 nitrogen and oxygen atoms in total. The molecule has 0 saturated carbocycles. The van der Waals surface area contributed by atoms with Crippen molar-refractivity contribution in [1.29, 1.82) is 0 Å². The van der Waals surface area contributed by atoms with Crippen molar-refractivity contribution in [3.05, 3.63) is 50.1 Å². The molecule has 2 aromatic heterocycles. The van der Waals surface area contributed by atoms with Crippen LogP contribution in [0.25, 0.3) is 10.2 Å². The number of hydrogen-bond donors (Lipinski definition) is 2. The number of rotatable bonds is 4. The molecule has 98 valence electrons. The lowest BCUT2D eigenvalue weighted by atomic mass is 10.1. The number of fused-ring (bicyclic) bond motifs is 1. The lowest BCUT2D eigenvalue weighted by Crippen LogP contribution is -2.29. The lowest BCUT2D eigenvalue weighted by molar-refractivity contribution is 0.552. The Morgan fingerprint density at radius 1 is 1.37 bits per heavy atom. The molecular weight excluding hydrogens is 342 g/mol. The largest absolute Gasteiger partial charge is 0.271 e. The van der Waals surface area contributed by atoms with Gasteiger partial charge in [0, 0.05) is 6.42 Å². The van der Waals surface area contributed by atoms with Crippen LogP contribution in [-0.4, -0.2) is 4.98 Å². The number of thiazole rings is 1. The summed E-state index contributed by atoms with van der Waals surface area (Å²) in [5.41, 5.74) is 5.13. The Hall–Kier alpha value is -0.790. The van der Waals surface area contributed by atoms with E-state index in [1.807, 2.05) is 18.2 Å². The van der Waals surface area contributed by atoms with Crippen LogP contribution in [0.2, 0.25) is 0 Å². The Kier molecular flexibility index (Phi) is 3.95. The molecule has 1 aromatic carbocycles. The highest BCUT2D eigenvalue weighted by Gasteiger charge is 2.15. The molecule has 1 atom stereocenters. The fraction of sp³-hybridized carbons (Fsp3) is 0.154. The summed E-state index contributed by atoms with van der Waals surface area (Å²) in [5.74, 6) is 5.67. The van der Waals surface area contributed by atoms with Crippen LogP contribution in [-0.2, 0) is 6.42 Å². The van der Waals surface area contributed by atoms with Crippen LogP contribution in [0.15, 0.2) is 39.5 Å². The number of hydrogen-bond acceptors (Lipinski definition) is 5. The zero-order chi connectivity index (χ0) is 13.2. The molecular formula is C13H12BrN3S2. The Morgan fingerprint density at radius 2 is 2.21 bits per heavy atom. The number of nitrogens with two attached hydrogens (primary N) is 1. The van der Waals surface area contributed by atoms with Crippen LogP contribution in [0.3, 0.4) is 0 Å². The topological polar surface area (TPSA) is 50.9 Å². The highest BCUT2D eigenvalue weighted by Crippen LogP contribution is 2.29. The quantitative estimate of drug-likeness (QED) is 0.552. The summed E-state index contributed by atoms with van der Waals surface area (Å²) >= 11 is 6.88. The third-order valence-electron chi connectivity index (χ3n) is 2.91. The van der Waals surface area contributed by atoms with Gasteiger partial charge in [0.15, 0.2) is 0 Å². The summed E-state index contributed by atoms with van der Waals surface area (Å²) in [6.07, 6.45) is 0.805. The summed E-state index contributed by atoms with van der Waals surface area (Å²) in [7, 11) is 0. The highest BCUT2D eigenvalue weighted by molar-refractivity contribution is 9.11. The molecule has 0 radical (unpaired) electrons. The number of nitrogens with zero attached hydrogens (tertiary/aromatic N) is 1. The van der Waals surface area contributed by atoms with E-state index in [0.29, 0.717) is 0 Å². The first-order valence-corrected chi connectivity index (χ1v) is 8.29. The Morgan fingerprint density at radius 3 is 2.89 bits per heavy atom. The maximum absolute atomic E-state index is 5.67. The second-order valence-corrected chi connectivity index (χ2v) is 7.59. The second kappa shape index (κ2) is 5.68. The van der Waals surface area contributed by atoms with E-state index in [1.165, 1.54) is 10.3 Å². The Balaban J connectivity index is 1.86. The Labute approximate surface area is 127 Å². The molecule has 0 bridgehead atoms. The van der Waals surface area contributed by atoms with Crippen molar-refractivity contribution in [3.63, 3.8) is 0 Å². The molecule has 0 aliphatic heterocycles. The van der Waals surface area contributed by atoms with Crippen LogP contribution >= 0.6 is 38.6 Å². The number of thiophene rings is 1. The lowest BCUT2D eigenvalue weighted by Gasteiger charge is -2.12. The number of halogens is 1. The molecule has 0 aliphatic carbocycles. The zero-order valence-electron chi connectivity index (χ0n) is 9.97. The van der Waals surface area contributed by atoms with Crippen molar-refractivity contribution in [2.24, 2.45) is 5.84 Å². The van der Waals surface area contributed by atoms with Crippen molar-refractivity contribution in [2.75, 3.05) is 0 Å². The summed E-state index contributed by atoms with van der Waals surface area (Å²) < 4.78 is 2.34. The van der Waals surface area contributed by atoms with E-state index < -0.39 is 0 Å². The average Bonchev–Trinajstić information content (AvgIpc) is 3.01. The zero-order valence-corrected chi connectivity index (χ0v) is 13.2. The van der Waals surface area contributed by atoms with Gasteiger partial charge in [0.25, 0.3) is 0 Å². The van der Waals surface area contributed by atoms with Crippen LogP contribution < -0.4 is 11.3 Å². The van der Waals surface area contributed by atoms with Gasteiger partial charge in [-0.25, -0.2) is 4.98 Å². The van der Waals surface area contributed by atoms with Gasteiger partial charge in [0.2, 0.25) is 0 Å². The number of hydrazine groups is 1. The minimum absolute atomic E-state index is 0.100. The molecule has 0 aliphatic rings. The average molecular weight is 354 g/mol. The second-order valence-electron chi connectivity index (χ2n) is 4.18. The van der Waals surface area contributed by atoms with E-state index in [0.717, 1.165) is 20.7 Å². The van der Waals surface area contributed by atoms with Crippen LogP contribution in [0.5, 0.6) is 0 Å². The van der Waals surface area contributed by atoms with Gasteiger partial charge >= 0.3 is 0 Å². The van der Waals surface area contributed by atoms with E-state index >= 15 is 0 Å². The fourth-order valence-electron chi connectivity index (χ4n) is 1.96. The normalized spacial score (nSPS) is 12.9. The van der Waals surface area contributed by atoms with Crippen molar-refractivity contribution >= 4 is 48.8 Å². The van der Waals surface area contributed by atoms with Gasteiger partial charge in [-0.2, -0.15) is 0 Å². The van der Waals surface area contributed by atoms with E-state index in [1.54, 1.807) is 22.7 Å². The molecule has 0 fully saturated rings. The number of aromatic nitrogens is 1. The van der Waals surface area contributed by atoms with Crippen molar-refractivity contribution in [3.8, 4) is 0 Å². The number of para-hydroxylation sites is 1. The molecule has 0 spiro atoms. The number of benzene rings is 1. The predicted molar refractivity (Wildman–Crippen MR) is 85.4 cm³/mol. The van der Waals surface area contributed by atoms with Crippen molar-refractivity contribution < 1.29 is 0 Å². The number of nitrogens with one attached hydrogen (secondary N) is 1. The molecule has 3 N–H and O–H groups in total. The Bertz CT molecular complexity index is 659. The molecule has 1 unspecified atom stereocenters. The summed E-state index contributed by atoms with van der Waals surface area (Å²) in [6, 6.07) is 10.4. The van der Waals surface area contributed by atoms with E-state index in [9.17, 15) is 0 Å². The first-order valence-electron chi connectivity index (χ1n) is 5.81. The predicted octanol–water partition coefficient (Wildman–Crippen LogP) is 3.87. The third-order valence-corrected chi connectivity index (χ3v) is 5.49. The SMILES string of the molecule is NNC(Cc1nc2ccccc2s1)c1csc(Br)c1. The third kappa shape index (κ3) is 2.88. The standard InChI is InChI=1S/C13H12BrN3S2/c14-12-5-8(7-18-12)10(17-15)6-13-16-9-3-1-2-4-11(9)19-13/h1-5,7,10,17H,6,15H2. The van der Waals surface area contributed by atoms with Crippen LogP contribution in [0.1, 0.15) is 16.6 Å². The van der Waals surface area contributed by atoms with Gasteiger partial charge in [-0.1, -0.05) is 12.1 Å². The van der Waals surface area contributed by atoms with Crippen LogP contribution in [0.4, 0.5) is 0 Å². The van der Waals surface area contributed by atoms with Crippen molar-refractivity contribution in [1.82, 2.24) is 10.4 Å². The molecule has 0 saturated heterocycles. The molecule has 6 heteroatoms. The van der Waals surface area contributed by atoms with Crippen LogP contribution in [0, 0.1) is 0 Å². The van der Waals surface area contributed by atoms with E-state index in [2.05, 4.69) is 43.9 Å². The highest BCUT2D eigenvalue weighted by atomic mass is 79.9. The van der Waals surface area contributed by atoms with Crippen molar-refractivity contribution in [2.45, 2.75) is 12.5 Å². The molecule has 19 heavy (non-hydrogen) atoms. The van der Waals surface area contributed by atoms with Gasteiger partial charge < -0.3 is 0 Å². The monoisotopic (exact) mass is 353 g/mol. The van der Waals surface area contributed by atoms with Gasteiger partial charge in [-0.15, -0.1) is 22.7 Å².